The van der Waals surface area contributed by atoms with Crippen molar-refractivity contribution in [2.45, 2.75) is 19.8 Å². The van der Waals surface area contributed by atoms with E-state index in [2.05, 4.69) is 10.6 Å². The summed E-state index contributed by atoms with van der Waals surface area (Å²) in [7, 11) is 0. The number of ether oxygens (including phenoxy) is 1. The summed E-state index contributed by atoms with van der Waals surface area (Å²) in [6, 6.07) is 0. The predicted octanol–water partition coefficient (Wildman–Crippen LogP) is -0.880. The first-order chi connectivity index (χ1) is 8.06. The van der Waals surface area contributed by atoms with Gasteiger partial charge >= 0.3 is 11.9 Å². The monoisotopic (exact) mass is 246 g/mol. The highest BCUT2D eigenvalue weighted by atomic mass is 16.5. The van der Waals surface area contributed by atoms with E-state index in [9.17, 15) is 14.4 Å². The van der Waals surface area contributed by atoms with Gasteiger partial charge in [-0.1, -0.05) is 0 Å². The molecule has 17 heavy (non-hydrogen) atoms. The van der Waals surface area contributed by atoms with Gasteiger partial charge in [-0.25, -0.2) is 0 Å². The molecule has 0 atom stereocenters. The van der Waals surface area contributed by atoms with Gasteiger partial charge in [-0.3, -0.25) is 19.7 Å². The molecule has 7 nitrogen and oxygen atoms in total. The number of nitrogens with one attached hydrogen (secondary N) is 2. The highest BCUT2D eigenvalue weighted by Gasteiger charge is 2.04. The van der Waals surface area contributed by atoms with Crippen molar-refractivity contribution >= 4 is 17.8 Å². The lowest BCUT2D eigenvalue weighted by molar-refractivity contribution is -0.143. The van der Waals surface area contributed by atoms with Gasteiger partial charge in [0.25, 0.3) is 0 Å². The molecule has 0 spiro atoms. The number of rotatable bonds is 9. The predicted molar refractivity (Wildman–Crippen MR) is 59.4 cm³/mol. The molecule has 7 heteroatoms. The largest absolute Gasteiger partial charge is 0.480 e. The molecule has 0 aliphatic heterocycles. The van der Waals surface area contributed by atoms with Crippen LogP contribution in [0.25, 0.3) is 0 Å². The van der Waals surface area contributed by atoms with Crippen molar-refractivity contribution in [2.75, 3.05) is 26.2 Å². The van der Waals surface area contributed by atoms with Crippen LogP contribution in [0.15, 0.2) is 0 Å². The van der Waals surface area contributed by atoms with Crippen molar-refractivity contribution in [3.63, 3.8) is 0 Å². The fourth-order valence-corrected chi connectivity index (χ4v) is 1.04. The van der Waals surface area contributed by atoms with Gasteiger partial charge in [-0.05, 0) is 13.3 Å². The number of hydrogen-bond donors (Lipinski definition) is 3. The van der Waals surface area contributed by atoms with Crippen LogP contribution < -0.4 is 10.6 Å². The summed E-state index contributed by atoms with van der Waals surface area (Å²) in [4.78, 5) is 32.2. The number of carboxylic acid groups (broad SMARTS) is 1. The molecular formula is C10H18N2O5. The molecule has 3 N–H and O–H groups in total. The molecule has 0 bridgehead atoms. The van der Waals surface area contributed by atoms with E-state index in [0.717, 1.165) is 0 Å². The molecule has 0 rings (SSSR count). The SMILES string of the molecule is CCOC(=O)CCCNC(=O)CNCC(=O)O. The Labute approximate surface area is 99.5 Å². The summed E-state index contributed by atoms with van der Waals surface area (Å²) in [5.74, 6) is -1.60. The Kier molecular flexibility index (Phi) is 8.67. The van der Waals surface area contributed by atoms with E-state index >= 15 is 0 Å². The van der Waals surface area contributed by atoms with E-state index in [1.807, 2.05) is 0 Å². The second-order valence-corrected chi connectivity index (χ2v) is 3.26. The molecule has 1 amide bonds. The highest BCUT2D eigenvalue weighted by molar-refractivity contribution is 5.79. The van der Waals surface area contributed by atoms with Gasteiger partial charge in [0.05, 0.1) is 19.7 Å². The number of carboxylic acids is 1. The third kappa shape index (κ3) is 10.6. The topological polar surface area (TPSA) is 105 Å². The lowest BCUT2D eigenvalue weighted by Gasteiger charge is -2.05. The van der Waals surface area contributed by atoms with Crippen molar-refractivity contribution < 1.29 is 24.2 Å². The maximum atomic E-state index is 11.1. The smallest absolute Gasteiger partial charge is 0.317 e. The van der Waals surface area contributed by atoms with Crippen molar-refractivity contribution in [1.82, 2.24) is 10.6 Å². The van der Waals surface area contributed by atoms with E-state index in [0.29, 0.717) is 19.6 Å². The summed E-state index contributed by atoms with van der Waals surface area (Å²) >= 11 is 0. The number of carbonyl (C=O) groups is 3. The Bertz CT molecular complexity index is 267. The number of amides is 1. The number of esters is 1. The molecule has 0 aliphatic carbocycles. The Morgan fingerprint density at radius 2 is 1.94 bits per heavy atom. The number of carbonyl (C=O) groups excluding carboxylic acids is 2. The average Bonchev–Trinajstić information content (AvgIpc) is 2.24. The Morgan fingerprint density at radius 1 is 1.24 bits per heavy atom. The van der Waals surface area contributed by atoms with Crippen LogP contribution in [0.1, 0.15) is 19.8 Å². The standard InChI is InChI=1S/C10H18N2O5/c1-2-17-10(16)4-3-5-12-8(13)6-11-7-9(14)15/h11H,2-7H2,1H3,(H,12,13)(H,14,15). The molecule has 0 fully saturated rings. The molecule has 0 aromatic rings. The lowest BCUT2D eigenvalue weighted by Crippen LogP contribution is -2.36. The number of hydrogen-bond acceptors (Lipinski definition) is 5. The van der Waals surface area contributed by atoms with Gasteiger partial charge < -0.3 is 15.2 Å². The van der Waals surface area contributed by atoms with E-state index in [1.54, 1.807) is 6.92 Å². The maximum Gasteiger partial charge on any atom is 0.317 e. The minimum atomic E-state index is -1.01. The second kappa shape index (κ2) is 9.59. The fraction of sp³-hybridized carbons (Fsp3) is 0.700. The minimum Gasteiger partial charge on any atom is -0.480 e. The molecule has 0 saturated carbocycles. The quantitative estimate of drug-likeness (QED) is 0.360. The minimum absolute atomic E-state index is 0.0499. The molecule has 0 aliphatic rings. The van der Waals surface area contributed by atoms with Gasteiger partial charge in [0.1, 0.15) is 0 Å². The van der Waals surface area contributed by atoms with Gasteiger partial charge in [-0.2, -0.15) is 0 Å². The van der Waals surface area contributed by atoms with Gasteiger partial charge in [0.15, 0.2) is 0 Å². The maximum absolute atomic E-state index is 11.1. The Balaban J connectivity index is 3.39. The average molecular weight is 246 g/mol. The van der Waals surface area contributed by atoms with Crippen LogP contribution >= 0.6 is 0 Å². The van der Waals surface area contributed by atoms with Gasteiger partial charge in [-0.15, -0.1) is 0 Å². The molecule has 98 valence electrons. The second-order valence-electron chi connectivity index (χ2n) is 3.26. The lowest BCUT2D eigenvalue weighted by atomic mass is 10.3. The summed E-state index contributed by atoms with van der Waals surface area (Å²) in [6.45, 7) is 2.15. The molecule has 0 saturated heterocycles. The number of aliphatic carboxylic acids is 1. The van der Waals surface area contributed by atoms with Crippen molar-refractivity contribution in [3.05, 3.63) is 0 Å². The summed E-state index contributed by atoms with van der Waals surface area (Å²) in [5, 5.41) is 13.3. The molecular weight excluding hydrogens is 228 g/mol. The van der Waals surface area contributed by atoms with Crippen LogP contribution in [-0.2, 0) is 19.1 Å². The van der Waals surface area contributed by atoms with Gasteiger partial charge in [0.2, 0.25) is 5.91 Å². The van der Waals surface area contributed by atoms with Crippen molar-refractivity contribution in [1.29, 1.82) is 0 Å². The Hall–Kier alpha value is -1.63. The van der Waals surface area contributed by atoms with Crippen molar-refractivity contribution in [3.8, 4) is 0 Å². The molecule has 0 radical (unpaired) electrons. The summed E-state index contributed by atoms with van der Waals surface area (Å²) < 4.78 is 4.71. The molecule has 0 aromatic carbocycles. The Morgan fingerprint density at radius 3 is 2.53 bits per heavy atom. The van der Waals surface area contributed by atoms with E-state index in [4.69, 9.17) is 9.84 Å². The van der Waals surface area contributed by atoms with Crippen LogP contribution in [0.5, 0.6) is 0 Å². The zero-order valence-electron chi connectivity index (χ0n) is 9.82. The van der Waals surface area contributed by atoms with E-state index < -0.39 is 5.97 Å². The summed E-state index contributed by atoms with van der Waals surface area (Å²) in [6.07, 6.45) is 0.764. The first-order valence-electron chi connectivity index (χ1n) is 5.41. The third-order valence-electron chi connectivity index (χ3n) is 1.75. The van der Waals surface area contributed by atoms with Gasteiger partial charge in [0, 0.05) is 13.0 Å². The van der Waals surface area contributed by atoms with Crippen LogP contribution in [-0.4, -0.2) is 49.2 Å². The van der Waals surface area contributed by atoms with Crippen molar-refractivity contribution in [2.24, 2.45) is 0 Å². The summed E-state index contributed by atoms with van der Waals surface area (Å²) in [5.41, 5.74) is 0. The van der Waals surface area contributed by atoms with E-state index in [1.165, 1.54) is 0 Å². The first kappa shape index (κ1) is 15.4. The normalized spacial score (nSPS) is 9.71. The van der Waals surface area contributed by atoms with Crippen LogP contribution in [0.2, 0.25) is 0 Å². The van der Waals surface area contributed by atoms with Crippen LogP contribution in [0, 0.1) is 0 Å². The molecule has 0 heterocycles. The third-order valence-corrected chi connectivity index (χ3v) is 1.75. The molecule has 0 aromatic heterocycles. The van der Waals surface area contributed by atoms with Crippen LogP contribution in [0.3, 0.4) is 0 Å². The first-order valence-corrected chi connectivity index (χ1v) is 5.41. The van der Waals surface area contributed by atoms with E-state index in [-0.39, 0.29) is 31.4 Å². The fourth-order valence-electron chi connectivity index (χ4n) is 1.04. The zero-order chi connectivity index (χ0) is 13.1. The zero-order valence-corrected chi connectivity index (χ0v) is 9.82. The molecule has 0 unspecified atom stereocenters. The van der Waals surface area contributed by atoms with Crippen LogP contribution in [0.4, 0.5) is 0 Å². The highest BCUT2D eigenvalue weighted by Crippen LogP contribution is 1.90.